The van der Waals surface area contributed by atoms with Crippen molar-refractivity contribution in [1.29, 1.82) is 0 Å². The van der Waals surface area contributed by atoms with E-state index in [2.05, 4.69) is 5.32 Å². The van der Waals surface area contributed by atoms with Gasteiger partial charge in [-0.2, -0.15) is 0 Å². The summed E-state index contributed by atoms with van der Waals surface area (Å²) < 4.78 is -0.321. The van der Waals surface area contributed by atoms with Crippen LogP contribution >= 0.6 is 0 Å². The van der Waals surface area contributed by atoms with Gasteiger partial charge in [0.2, 0.25) is 0 Å². The molecule has 1 amide bonds. The summed E-state index contributed by atoms with van der Waals surface area (Å²) in [5, 5.41) is 14.5. The lowest BCUT2D eigenvalue weighted by Crippen LogP contribution is -2.49. The molecule has 2 fully saturated rings. The van der Waals surface area contributed by atoms with E-state index in [1.165, 1.54) is 0 Å². The number of rotatable bonds is 0. The van der Waals surface area contributed by atoms with Gasteiger partial charge in [0.1, 0.15) is 0 Å². The molecule has 0 aromatic carbocycles. The molecule has 0 spiro atoms. The Labute approximate surface area is 65.3 Å². The van der Waals surface area contributed by atoms with Gasteiger partial charge < -0.3 is 15.2 Å². The average Bonchev–Trinajstić information content (AvgIpc) is 2.39. The number of carbonyl (C=O) groups excluding carboxylic acids is 1. The van der Waals surface area contributed by atoms with Crippen LogP contribution in [0, 0.1) is 5.21 Å². The Kier molecular flexibility index (Phi) is 1.25. The molecule has 2 aliphatic rings. The molecule has 2 aliphatic heterocycles. The summed E-state index contributed by atoms with van der Waals surface area (Å²) in [5.41, 5.74) is 0. The Morgan fingerprint density at radius 3 is 3.09 bits per heavy atom. The van der Waals surface area contributed by atoms with Crippen molar-refractivity contribution in [1.82, 2.24) is 5.32 Å². The van der Waals surface area contributed by atoms with E-state index in [4.69, 9.17) is 0 Å². The van der Waals surface area contributed by atoms with E-state index in [0.717, 1.165) is 12.8 Å². The van der Waals surface area contributed by atoms with Crippen LogP contribution < -0.4 is 5.32 Å². The van der Waals surface area contributed by atoms with Crippen LogP contribution in [0.5, 0.6) is 0 Å². The molecule has 0 saturated carbocycles. The van der Waals surface area contributed by atoms with Gasteiger partial charge in [-0.3, -0.25) is 4.79 Å². The number of hydrogen-bond donors (Lipinski definition) is 1. The SMILES string of the molecule is C[C@@H]1NC(=O)[C@@H]2CCC[N@@+]12[O-]. The summed E-state index contributed by atoms with van der Waals surface area (Å²) >= 11 is 0. The second kappa shape index (κ2) is 1.95. The van der Waals surface area contributed by atoms with Crippen molar-refractivity contribution in [2.24, 2.45) is 0 Å². The molecule has 4 nitrogen and oxygen atoms in total. The van der Waals surface area contributed by atoms with Crippen LogP contribution in [0.1, 0.15) is 19.8 Å². The quantitative estimate of drug-likeness (QED) is 0.394. The summed E-state index contributed by atoms with van der Waals surface area (Å²) in [4.78, 5) is 11.1. The van der Waals surface area contributed by atoms with Crippen LogP contribution in [0.2, 0.25) is 0 Å². The lowest BCUT2D eigenvalue weighted by atomic mass is 10.2. The number of amides is 1. The number of nitrogens with one attached hydrogen (secondary N) is 1. The van der Waals surface area contributed by atoms with E-state index in [1.54, 1.807) is 6.92 Å². The van der Waals surface area contributed by atoms with E-state index in [0.29, 0.717) is 6.54 Å². The summed E-state index contributed by atoms with van der Waals surface area (Å²) in [5.74, 6) is -0.0509. The van der Waals surface area contributed by atoms with Gasteiger partial charge >= 0.3 is 0 Å². The van der Waals surface area contributed by atoms with Crippen molar-refractivity contribution in [3.05, 3.63) is 5.21 Å². The van der Waals surface area contributed by atoms with Gasteiger partial charge in [0.05, 0.1) is 6.54 Å². The molecule has 0 bridgehead atoms. The molecule has 3 atom stereocenters. The highest BCUT2D eigenvalue weighted by atomic mass is 16.6. The summed E-state index contributed by atoms with van der Waals surface area (Å²) in [7, 11) is 0. The zero-order valence-electron chi connectivity index (χ0n) is 6.54. The standard InChI is InChI=1S/C7H12N2O2/c1-5-8-7(10)6-3-2-4-9(5,6)11/h5-6H,2-4H2,1H3,(H,8,10)/t5-,6+,9-/m1/s1. The molecule has 0 aromatic heterocycles. The fourth-order valence-corrected chi connectivity index (χ4v) is 2.11. The van der Waals surface area contributed by atoms with Gasteiger partial charge in [0, 0.05) is 19.8 Å². The highest BCUT2D eigenvalue weighted by molar-refractivity contribution is 5.82. The third-order valence-corrected chi connectivity index (χ3v) is 2.82. The minimum Gasteiger partial charge on any atom is -0.631 e. The van der Waals surface area contributed by atoms with E-state index in [9.17, 15) is 10.0 Å². The molecule has 0 unspecified atom stereocenters. The molecule has 11 heavy (non-hydrogen) atoms. The van der Waals surface area contributed by atoms with Crippen molar-refractivity contribution in [2.75, 3.05) is 6.54 Å². The second-order valence-electron chi connectivity index (χ2n) is 3.42. The topological polar surface area (TPSA) is 52.2 Å². The van der Waals surface area contributed by atoms with Gasteiger partial charge in [0.25, 0.3) is 5.91 Å². The first kappa shape index (κ1) is 7.06. The molecule has 62 valence electrons. The van der Waals surface area contributed by atoms with E-state index >= 15 is 0 Å². The Hall–Kier alpha value is -0.610. The predicted octanol–water partition coefficient (Wildman–Crippen LogP) is -0.0608. The minimum absolute atomic E-state index is 0.0509. The van der Waals surface area contributed by atoms with Gasteiger partial charge in [-0.25, -0.2) is 0 Å². The maximum absolute atomic E-state index is 11.9. The molecule has 0 aliphatic carbocycles. The number of hydroxylamine groups is 3. The molecule has 2 rings (SSSR count). The number of nitrogens with zero attached hydrogens (tertiary/aromatic N) is 1. The largest absolute Gasteiger partial charge is 0.631 e. The van der Waals surface area contributed by atoms with Gasteiger partial charge in [0.15, 0.2) is 12.2 Å². The monoisotopic (exact) mass is 156 g/mol. The van der Waals surface area contributed by atoms with Gasteiger partial charge in [-0.15, -0.1) is 0 Å². The molecule has 4 heteroatoms. The first-order valence-electron chi connectivity index (χ1n) is 4.03. The Bertz CT molecular complexity index is 207. The smallest absolute Gasteiger partial charge is 0.283 e. The zero-order valence-corrected chi connectivity index (χ0v) is 6.54. The maximum Gasteiger partial charge on any atom is 0.283 e. The van der Waals surface area contributed by atoms with Crippen LogP contribution in [0.3, 0.4) is 0 Å². The normalized spacial score (nSPS) is 49.1. The van der Waals surface area contributed by atoms with Crippen molar-refractivity contribution in [3.63, 3.8) is 0 Å². The Morgan fingerprint density at radius 1 is 1.73 bits per heavy atom. The van der Waals surface area contributed by atoms with Gasteiger partial charge in [-0.05, 0) is 0 Å². The molecule has 2 saturated heterocycles. The fourth-order valence-electron chi connectivity index (χ4n) is 2.11. The number of hydrogen-bond acceptors (Lipinski definition) is 2. The molecule has 0 aromatic rings. The molecule has 0 radical (unpaired) electrons. The highest BCUT2D eigenvalue weighted by Gasteiger charge is 2.49. The van der Waals surface area contributed by atoms with Crippen LogP contribution in [-0.2, 0) is 4.79 Å². The van der Waals surface area contributed by atoms with Crippen LogP contribution in [0.25, 0.3) is 0 Å². The lowest BCUT2D eigenvalue weighted by molar-refractivity contribution is -0.898. The Balaban J connectivity index is 2.32. The van der Waals surface area contributed by atoms with E-state index < -0.39 is 0 Å². The van der Waals surface area contributed by atoms with Crippen molar-refractivity contribution >= 4 is 5.91 Å². The second-order valence-corrected chi connectivity index (χ2v) is 3.42. The summed E-state index contributed by atoms with van der Waals surface area (Å²) in [6.07, 6.45) is 1.43. The number of fused-ring (bicyclic) bond motifs is 1. The molecular weight excluding hydrogens is 144 g/mol. The van der Waals surface area contributed by atoms with Crippen LogP contribution in [0.15, 0.2) is 0 Å². The lowest BCUT2D eigenvalue weighted by Gasteiger charge is -2.40. The third-order valence-electron chi connectivity index (χ3n) is 2.82. The average molecular weight is 156 g/mol. The number of carbonyl (C=O) groups is 1. The van der Waals surface area contributed by atoms with Crippen molar-refractivity contribution < 1.29 is 9.44 Å². The van der Waals surface area contributed by atoms with E-state index in [-0.39, 0.29) is 22.8 Å². The summed E-state index contributed by atoms with van der Waals surface area (Å²) in [6.45, 7) is 2.39. The molecule has 2 heterocycles. The van der Waals surface area contributed by atoms with Crippen molar-refractivity contribution in [2.45, 2.75) is 32.0 Å². The number of quaternary nitrogens is 1. The van der Waals surface area contributed by atoms with Crippen molar-refractivity contribution in [3.8, 4) is 0 Å². The fraction of sp³-hybridized carbons (Fsp3) is 0.857. The third kappa shape index (κ3) is 0.736. The molecule has 1 N–H and O–H groups in total. The van der Waals surface area contributed by atoms with Crippen LogP contribution in [-0.4, -0.2) is 29.3 Å². The first-order chi connectivity index (χ1) is 5.14. The maximum atomic E-state index is 11.9. The molecular formula is C7H12N2O2. The minimum atomic E-state index is -0.321. The first-order valence-corrected chi connectivity index (χ1v) is 4.03. The Morgan fingerprint density at radius 2 is 2.45 bits per heavy atom. The highest BCUT2D eigenvalue weighted by Crippen LogP contribution is 2.32. The van der Waals surface area contributed by atoms with Crippen LogP contribution in [0.4, 0.5) is 0 Å². The summed E-state index contributed by atoms with van der Waals surface area (Å²) in [6, 6.07) is -0.301. The van der Waals surface area contributed by atoms with E-state index in [1.807, 2.05) is 0 Å². The zero-order chi connectivity index (χ0) is 8.06. The van der Waals surface area contributed by atoms with Gasteiger partial charge in [-0.1, -0.05) is 0 Å². The predicted molar refractivity (Wildman–Crippen MR) is 39.1 cm³/mol.